The Labute approximate surface area is 242 Å². The number of rotatable bonds is 7. The average molecular weight is 573 g/mol. The Bertz CT molecular complexity index is 1690. The molecule has 0 radical (unpaired) electrons. The fourth-order valence-corrected chi connectivity index (χ4v) is 5.80. The summed E-state index contributed by atoms with van der Waals surface area (Å²) >= 11 is 7.81. The Balaban J connectivity index is 1.70. The van der Waals surface area contributed by atoms with Crippen LogP contribution in [0.3, 0.4) is 0 Å². The third-order valence-corrected chi connectivity index (χ3v) is 7.67. The first-order valence-electron chi connectivity index (χ1n) is 12.7. The van der Waals surface area contributed by atoms with E-state index in [1.165, 1.54) is 7.11 Å². The molecule has 5 rings (SSSR count). The van der Waals surface area contributed by atoms with Gasteiger partial charge in [-0.05, 0) is 76.1 Å². The molecular weight excluding hydrogens is 544 g/mol. The van der Waals surface area contributed by atoms with Crippen LogP contribution in [0, 0.1) is 6.92 Å². The topological polar surface area (TPSA) is 87.1 Å². The number of fused-ring (bicyclic) bond motifs is 1. The van der Waals surface area contributed by atoms with Crippen LogP contribution in [0.5, 0.6) is 6.01 Å². The normalized spacial score (nSPS) is 12.5. The quantitative estimate of drug-likeness (QED) is 0.196. The van der Waals surface area contributed by atoms with E-state index in [1.807, 2.05) is 70.2 Å². The van der Waals surface area contributed by atoms with Crippen molar-refractivity contribution in [3.8, 4) is 39.0 Å². The van der Waals surface area contributed by atoms with Gasteiger partial charge in [-0.2, -0.15) is 0 Å². The highest BCUT2D eigenvalue weighted by Gasteiger charge is 2.30. The van der Waals surface area contributed by atoms with Crippen molar-refractivity contribution in [3.05, 3.63) is 77.2 Å². The van der Waals surface area contributed by atoms with Crippen LogP contribution in [0.25, 0.3) is 43.2 Å². The molecule has 0 bridgehead atoms. The van der Waals surface area contributed by atoms with E-state index >= 15 is 0 Å². The van der Waals surface area contributed by atoms with Crippen molar-refractivity contribution < 1.29 is 14.3 Å². The van der Waals surface area contributed by atoms with Crippen molar-refractivity contribution in [1.29, 1.82) is 0 Å². The smallest absolute Gasteiger partial charge is 0.316 e. The summed E-state index contributed by atoms with van der Waals surface area (Å²) in [6.45, 7) is 9.45. The predicted molar refractivity (Wildman–Crippen MR) is 160 cm³/mol. The van der Waals surface area contributed by atoms with Gasteiger partial charge in [0.15, 0.2) is 5.78 Å². The van der Waals surface area contributed by atoms with Crippen LogP contribution in [0.1, 0.15) is 44.9 Å². The number of ether oxygens (including phenoxy) is 2. The summed E-state index contributed by atoms with van der Waals surface area (Å²) in [4.78, 5) is 30.9. The first-order valence-corrected chi connectivity index (χ1v) is 13.9. The maximum atomic E-state index is 13.0. The van der Waals surface area contributed by atoms with E-state index in [1.54, 1.807) is 36.9 Å². The fraction of sp³-hybridized carbons (Fsp3) is 0.258. The third-order valence-electron chi connectivity index (χ3n) is 6.28. The number of ketones is 1. The van der Waals surface area contributed by atoms with Gasteiger partial charge in [-0.15, -0.1) is 11.3 Å². The highest BCUT2D eigenvalue weighted by atomic mass is 35.5. The minimum atomic E-state index is -0.733. The number of hydrogen-bond acceptors (Lipinski definition) is 8. The molecule has 9 heteroatoms. The molecule has 0 fully saturated rings. The maximum absolute atomic E-state index is 13.0. The molecule has 40 heavy (non-hydrogen) atoms. The number of carbonyl (C=O) groups is 1. The summed E-state index contributed by atoms with van der Waals surface area (Å²) in [6.07, 6.45) is 4.38. The Hall–Kier alpha value is -3.72. The lowest BCUT2D eigenvalue weighted by atomic mass is 9.90. The molecule has 0 N–H and O–H groups in total. The number of aryl methyl sites for hydroxylation is 1. The molecule has 0 aliphatic rings. The van der Waals surface area contributed by atoms with Gasteiger partial charge >= 0.3 is 6.01 Å². The summed E-state index contributed by atoms with van der Waals surface area (Å²) in [5.41, 5.74) is 6.38. The van der Waals surface area contributed by atoms with Crippen molar-refractivity contribution in [2.45, 2.75) is 46.3 Å². The Morgan fingerprint density at radius 3 is 2.30 bits per heavy atom. The predicted octanol–water partition coefficient (Wildman–Crippen LogP) is 7.90. The van der Waals surface area contributed by atoms with Gasteiger partial charge in [0.05, 0.1) is 28.6 Å². The van der Waals surface area contributed by atoms with Gasteiger partial charge in [-0.25, -0.2) is 15.0 Å². The number of carbonyl (C=O) groups excluding carboxylic acids is 1. The molecule has 0 amide bonds. The number of methoxy groups -OCH3 is 1. The number of Topliss-reactive ketones (excluding diaryl/α,β-unsaturated/α-hetero) is 1. The van der Waals surface area contributed by atoms with Gasteiger partial charge in [0.1, 0.15) is 11.1 Å². The number of aromatic nitrogens is 4. The molecule has 0 saturated carbocycles. The van der Waals surface area contributed by atoms with Crippen LogP contribution >= 0.6 is 22.9 Å². The summed E-state index contributed by atoms with van der Waals surface area (Å²) in [6, 6.07) is 13.9. The van der Waals surface area contributed by atoms with E-state index in [-0.39, 0.29) is 5.78 Å². The van der Waals surface area contributed by atoms with Crippen LogP contribution < -0.4 is 4.74 Å². The first kappa shape index (κ1) is 27.8. The Morgan fingerprint density at radius 2 is 1.68 bits per heavy atom. The van der Waals surface area contributed by atoms with Crippen molar-refractivity contribution >= 4 is 38.9 Å². The Morgan fingerprint density at radius 1 is 0.975 bits per heavy atom. The molecule has 3 heterocycles. The molecule has 0 aliphatic carbocycles. The van der Waals surface area contributed by atoms with Gasteiger partial charge in [0.2, 0.25) is 0 Å². The summed E-state index contributed by atoms with van der Waals surface area (Å²) < 4.78 is 12.4. The lowest BCUT2D eigenvalue weighted by molar-refractivity contribution is -0.138. The van der Waals surface area contributed by atoms with Gasteiger partial charge in [-0.1, -0.05) is 23.7 Å². The Kier molecular flexibility index (Phi) is 7.68. The van der Waals surface area contributed by atoms with Crippen LogP contribution in [-0.4, -0.2) is 38.4 Å². The molecule has 7 nitrogen and oxygen atoms in total. The van der Waals surface area contributed by atoms with Gasteiger partial charge in [-0.3, -0.25) is 9.78 Å². The summed E-state index contributed by atoms with van der Waals surface area (Å²) in [7, 11) is 1.53. The zero-order chi connectivity index (χ0) is 28.6. The van der Waals surface area contributed by atoms with Crippen LogP contribution in [0.15, 0.2) is 61.1 Å². The van der Waals surface area contributed by atoms with Crippen molar-refractivity contribution in [3.63, 3.8) is 0 Å². The number of thiazole rings is 1. The molecule has 1 atom stereocenters. The molecule has 0 unspecified atom stereocenters. The lowest BCUT2D eigenvalue weighted by Crippen LogP contribution is -2.27. The second-order valence-corrected chi connectivity index (χ2v) is 11.9. The highest BCUT2D eigenvalue weighted by molar-refractivity contribution is 7.22. The van der Waals surface area contributed by atoms with Crippen LogP contribution in [0.4, 0.5) is 0 Å². The van der Waals surface area contributed by atoms with E-state index in [2.05, 4.69) is 15.0 Å². The van der Waals surface area contributed by atoms with E-state index in [0.717, 1.165) is 54.3 Å². The molecule has 204 valence electrons. The minimum absolute atomic E-state index is 0.0576. The van der Waals surface area contributed by atoms with E-state index < -0.39 is 11.7 Å². The molecule has 5 aromatic rings. The average Bonchev–Trinajstić information content (AvgIpc) is 3.35. The largest absolute Gasteiger partial charge is 0.467 e. The molecule has 3 aromatic heterocycles. The van der Waals surface area contributed by atoms with Gasteiger partial charge in [0.25, 0.3) is 0 Å². The SMILES string of the molecule is COc1ncc(-c2cc(-c3nc4cc(C)c([C@H](OC(C)(C)C)C(C)=O)c(-c5ccc(Cl)cc5)c4s3)ccn2)cn1. The van der Waals surface area contributed by atoms with Crippen LogP contribution in [-0.2, 0) is 9.53 Å². The molecule has 0 saturated heterocycles. The molecule has 2 aromatic carbocycles. The number of pyridine rings is 1. The van der Waals surface area contributed by atoms with Crippen molar-refractivity contribution in [1.82, 2.24) is 19.9 Å². The molecular formula is C31H29ClN4O3S. The number of nitrogens with zero attached hydrogens (tertiary/aromatic N) is 4. The fourth-order valence-electron chi connectivity index (χ4n) is 4.55. The summed E-state index contributed by atoms with van der Waals surface area (Å²) in [5.74, 6) is -0.0576. The maximum Gasteiger partial charge on any atom is 0.316 e. The monoisotopic (exact) mass is 572 g/mol. The van der Waals surface area contributed by atoms with Crippen LogP contribution in [0.2, 0.25) is 5.02 Å². The molecule has 0 aliphatic heterocycles. The first-order chi connectivity index (χ1) is 19.0. The zero-order valence-corrected chi connectivity index (χ0v) is 24.7. The molecule has 0 spiro atoms. The van der Waals surface area contributed by atoms with Gasteiger partial charge in [0, 0.05) is 45.9 Å². The van der Waals surface area contributed by atoms with E-state index in [0.29, 0.717) is 11.0 Å². The van der Waals surface area contributed by atoms with Crippen molar-refractivity contribution in [2.75, 3.05) is 7.11 Å². The lowest BCUT2D eigenvalue weighted by Gasteiger charge is -2.29. The number of benzene rings is 2. The minimum Gasteiger partial charge on any atom is -0.467 e. The third kappa shape index (κ3) is 5.75. The summed E-state index contributed by atoms with van der Waals surface area (Å²) in [5, 5.41) is 1.47. The number of halogens is 1. The van der Waals surface area contributed by atoms with E-state index in [9.17, 15) is 4.79 Å². The second kappa shape index (κ2) is 11.0. The highest BCUT2D eigenvalue weighted by Crippen LogP contribution is 2.44. The van der Waals surface area contributed by atoms with Crippen molar-refractivity contribution in [2.24, 2.45) is 0 Å². The van der Waals surface area contributed by atoms with Gasteiger partial charge < -0.3 is 9.47 Å². The second-order valence-electron chi connectivity index (χ2n) is 10.5. The van der Waals surface area contributed by atoms with E-state index in [4.69, 9.17) is 26.1 Å². The zero-order valence-electron chi connectivity index (χ0n) is 23.2. The number of hydrogen-bond donors (Lipinski definition) is 0. The standard InChI is InChI=1S/C31H29ClN4O3S/c1-17-13-24-28(26(19-7-9-22(32)10-8-19)25(17)27(18(2)37)39-31(3,4)5)40-29(36-24)20-11-12-33-23(14-20)21-15-34-30(38-6)35-16-21/h7-16,27H,1-6H3/t27-/m1/s1.